The average molecular weight is 399 g/mol. The summed E-state index contributed by atoms with van der Waals surface area (Å²) in [4.78, 5) is 30.4. The smallest absolute Gasteiger partial charge is 0.410 e. The van der Waals surface area contributed by atoms with E-state index in [1.165, 1.54) is 0 Å². The number of nitrogens with one attached hydrogen (secondary N) is 1. The Bertz CT molecular complexity index is 862. The van der Waals surface area contributed by atoms with Gasteiger partial charge in [-0.15, -0.1) is 0 Å². The number of furan rings is 1. The Balaban J connectivity index is 1.04. The molecule has 2 aliphatic heterocycles. The number of piperidine rings is 1. The van der Waals surface area contributed by atoms with Crippen LogP contribution in [0.2, 0.25) is 0 Å². The van der Waals surface area contributed by atoms with Crippen LogP contribution < -0.4 is 5.32 Å². The van der Waals surface area contributed by atoms with Gasteiger partial charge in [0.1, 0.15) is 6.10 Å². The highest BCUT2D eigenvalue weighted by atomic mass is 16.6. The summed E-state index contributed by atoms with van der Waals surface area (Å²) < 4.78 is 16.4. The SMILES string of the molecule is O=C(NCC[C@@H]1[C@H]2CN(C(=O)OC3CCOCC3)C[C@@H]12)c1cc2ccncc2o1. The Labute approximate surface area is 168 Å². The normalized spacial score (nSPS) is 26.3. The van der Waals surface area contributed by atoms with Gasteiger partial charge in [-0.1, -0.05) is 0 Å². The zero-order chi connectivity index (χ0) is 19.8. The Morgan fingerprint density at radius 2 is 2.03 bits per heavy atom. The first-order valence-electron chi connectivity index (χ1n) is 10.3. The Morgan fingerprint density at radius 3 is 2.79 bits per heavy atom. The van der Waals surface area contributed by atoms with Crippen LogP contribution in [0.1, 0.15) is 29.8 Å². The highest BCUT2D eigenvalue weighted by Gasteiger charge is 2.56. The number of nitrogens with zero attached hydrogens (tertiary/aromatic N) is 2. The molecule has 3 aliphatic rings. The van der Waals surface area contributed by atoms with E-state index in [2.05, 4.69) is 10.3 Å². The summed E-state index contributed by atoms with van der Waals surface area (Å²) in [5, 5.41) is 3.81. The number of pyridine rings is 1. The number of fused-ring (bicyclic) bond motifs is 2. The van der Waals surface area contributed by atoms with Gasteiger partial charge in [-0.05, 0) is 36.3 Å². The van der Waals surface area contributed by atoms with E-state index in [1.54, 1.807) is 18.5 Å². The lowest BCUT2D eigenvalue weighted by Crippen LogP contribution is -2.36. The van der Waals surface area contributed by atoms with Gasteiger partial charge in [-0.2, -0.15) is 0 Å². The Kier molecular flexibility index (Phi) is 4.87. The van der Waals surface area contributed by atoms with Crippen LogP contribution in [0.25, 0.3) is 11.0 Å². The fourth-order valence-corrected chi connectivity index (χ4v) is 4.67. The lowest BCUT2D eigenvalue weighted by molar-refractivity contribution is -0.00949. The number of aromatic nitrogens is 1. The maximum absolute atomic E-state index is 12.3. The molecule has 3 atom stereocenters. The summed E-state index contributed by atoms with van der Waals surface area (Å²) in [6, 6.07) is 3.56. The standard InChI is InChI=1S/C21H25N3O5/c25-20(18-9-13-1-5-22-10-19(13)29-18)23-6-2-15-16-11-24(12-17(15)16)21(26)28-14-3-7-27-8-4-14/h1,5,9-10,14-17H,2-4,6-8,11-12H2,(H,23,25)/t15-,16-,17+. The van der Waals surface area contributed by atoms with E-state index >= 15 is 0 Å². The highest BCUT2D eigenvalue weighted by molar-refractivity contribution is 5.95. The van der Waals surface area contributed by atoms with Crippen molar-refractivity contribution in [2.75, 3.05) is 32.8 Å². The highest BCUT2D eigenvalue weighted by Crippen LogP contribution is 2.53. The molecule has 4 heterocycles. The fourth-order valence-electron chi connectivity index (χ4n) is 4.67. The van der Waals surface area contributed by atoms with E-state index in [0.29, 0.717) is 48.9 Å². The molecule has 1 N–H and O–H groups in total. The predicted molar refractivity (Wildman–Crippen MR) is 103 cm³/mol. The van der Waals surface area contributed by atoms with Gasteiger partial charge in [0.2, 0.25) is 0 Å². The van der Waals surface area contributed by atoms with Crippen LogP contribution in [-0.2, 0) is 9.47 Å². The van der Waals surface area contributed by atoms with Gasteiger partial charge in [0.25, 0.3) is 5.91 Å². The molecule has 0 unspecified atom stereocenters. The van der Waals surface area contributed by atoms with Crippen molar-refractivity contribution in [3.05, 3.63) is 30.3 Å². The zero-order valence-electron chi connectivity index (χ0n) is 16.2. The van der Waals surface area contributed by atoms with Crippen LogP contribution in [-0.4, -0.2) is 60.8 Å². The summed E-state index contributed by atoms with van der Waals surface area (Å²) in [7, 11) is 0. The molecule has 2 aromatic heterocycles. The Hall–Kier alpha value is -2.61. The molecule has 1 saturated carbocycles. The number of carbonyl (C=O) groups excluding carboxylic acids is 2. The summed E-state index contributed by atoms with van der Waals surface area (Å²) >= 11 is 0. The number of amides is 2. The maximum atomic E-state index is 12.3. The number of hydrogen-bond donors (Lipinski definition) is 1. The second-order valence-corrected chi connectivity index (χ2v) is 8.16. The third-order valence-electron chi connectivity index (χ3n) is 6.38. The molecule has 29 heavy (non-hydrogen) atoms. The molecule has 0 aromatic carbocycles. The molecule has 2 amide bonds. The van der Waals surface area contributed by atoms with E-state index in [9.17, 15) is 9.59 Å². The summed E-state index contributed by atoms with van der Waals surface area (Å²) in [6.07, 6.45) is 5.59. The third kappa shape index (κ3) is 3.81. The van der Waals surface area contributed by atoms with Crippen molar-refractivity contribution in [2.45, 2.75) is 25.4 Å². The van der Waals surface area contributed by atoms with E-state index < -0.39 is 0 Å². The van der Waals surface area contributed by atoms with Gasteiger partial charge < -0.3 is 24.1 Å². The van der Waals surface area contributed by atoms with Crippen LogP contribution in [0.3, 0.4) is 0 Å². The molecule has 0 spiro atoms. The van der Waals surface area contributed by atoms with Gasteiger partial charge in [-0.25, -0.2) is 4.79 Å². The molecule has 8 heteroatoms. The van der Waals surface area contributed by atoms with Crippen molar-refractivity contribution in [2.24, 2.45) is 17.8 Å². The van der Waals surface area contributed by atoms with Crippen LogP contribution >= 0.6 is 0 Å². The van der Waals surface area contributed by atoms with E-state index in [1.807, 2.05) is 11.0 Å². The lowest BCUT2D eigenvalue weighted by Gasteiger charge is -2.26. The molecule has 5 rings (SSSR count). The second-order valence-electron chi connectivity index (χ2n) is 8.16. The van der Waals surface area contributed by atoms with E-state index in [-0.39, 0.29) is 18.1 Å². The molecule has 0 bridgehead atoms. The minimum absolute atomic E-state index is 0.00628. The van der Waals surface area contributed by atoms with Crippen LogP contribution in [0.5, 0.6) is 0 Å². The minimum atomic E-state index is -0.200. The van der Waals surface area contributed by atoms with Crippen molar-refractivity contribution in [1.29, 1.82) is 0 Å². The summed E-state index contributed by atoms with van der Waals surface area (Å²) in [6.45, 7) is 3.48. The van der Waals surface area contributed by atoms with Crippen molar-refractivity contribution < 1.29 is 23.5 Å². The first kappa shape index (κ1) is 18.4. The number of hydrogen-bond acceptors (Lipinski definition) is 6. The van der Waals surface area contributed by atoms with Gasteiger partial charge in [-0.3, -0.25) is 9.78 Å². The molecule has 2 aromatic rings. The summed E-state index contributed by atoms with van der Waals surface area (Å²) in [5.41, 5.74) is 0.613. The van der Waals surface area contributed by atoms with Crippen LogP contribution in [0.15, 0.2) is 28.9 Å². The number of ether oxygens (including phenoxy) is 2. The van der Waals surface area contributed by atoms with Crippen molar-refractivity contribution in [3.8, 4) is 0 Å². The molecule has 1 aliphatic carbocycles. The number of rotatable bonds is 5. The van der Waals surface area contributed by atoms with Crippen LogP contribution in [0, 0.1) is 17.8 Å². The molecule has 8 nitrogen and oxygen atoms in total. The first-order valence-corrected chi connectivity index (χ1v) is 10.3. The quantitative estimate of drug-likeness (QED) is 0.830. The predicted octanol–water partition coefficient (Wildman–Crippen LogP) is 2.44. The molecule has 2 saturated heterocycles. The van der Waals surface area contributed by atoms with E-state index in [0.717, 1.165) is 37.7 Å². The number of likely N-dealkylation sites (tertiary alicyclic amines) is 1. The van der Waals surface area contributed by atoms with Crippen molar-refractivity contribution >= 4 is 23.0 Å². The van der Waals surface area contributed by atoms with Gasteiger partial charge >= 0.3 is 6.09 Å². The topological polar surface area (TPSA) is 93.9 Å². The molecular formula is C21H25N3O5. The van der Waals surface area contributed by atoms with Gasteiger partial charge in [0, 0.05) is 44.1 Å². The minimum Gasteiger partial charge on any atom is -0.449 e. The molecule has 154 valence electrons. The second kappa shape index (κ2) is 7.67. The van der Waals surface area contributed by atoms with Gasteiger partial charge in [0.15, 0.2) is 11.3 Å². The zero-order valence-corrected chi connectivity index (χ0v) is 16.2. The average Bonchev–Trinajstić information content (AvgIpc) is 3.11. The Morgan fingerprint density at radius 1 is 1.24 bits per heavy atom. The number of carbonyl (C=O) groups is 2. The molecule has 0 radical (unpaired) electrons. The molecular weight excluding hydrogens is 374 g/mol. The van der Waals surface area contributed by atoms with Crippen molar-refractivity contribution in [1.82, 2.24) is 15.2 Å². The molecule has 3 fully saturated rings. The van der Waals surface area contributed by atoms with Crippen LogP contribution in [0.4, 0.5) is 4.79 Å². The van der Waals surface area contributed by atoms with Crippen molar-refractivity contribution in [3.63, 3.8) is 0 Å². The third-order valence-corrected chi connectivity index (χ3v) is 6.38. The largest absolute Gasteiger partial charge is 0.449 e. The lowest BCUT2D eigenvalue weighted by atomic mass is 10.1. The summed E-state index contributed by atoms with van der Waals surface area (Å²) in [5.74, 6) is 1.75. The van der Waals surface area contributed by atoms with E-state index in [4.69, 9.17) is 13.9 Å². The fraction of sp³-hybridized carbons (Fsp3) is 0.571. The van der Waals surface area contributed by atoms with Gasteiger partial charge in [0.05, 0.1) is 19.4 Å². The monoisotopic (exact) mass is 399 g/mol. The first-order chi connectivity index (χ1) is 14.2. The maximum Gasteiger partial charge on any atom is 0.410 e.